The van der Waals surface area contributed by atoms with Gasteiger partial charge in [0.2, 0.25) is 0 Å². The van der Waals surface area contributed by atoms with E-state index in [0.717, 1.165) is 9.13 Å². The molecule has 1 aromatic carbocycles. The number of halogens is 2. The maximum Gasteiger partial charge on any atom is 0.314 e. The standard InChI is InChI=1S/C13H10ClIN2O2/c14-9-3-1-2-8(4-9)5-11(13(18)19)12-16-6-10(15)7-17-12/h1-4,6-7,11H,5H2,(H,18,19). The fourth-order valence-electron chi connectivity index (χ4n) is 1.69. The van der Waals surface area contributed by atoms with Gasteiger partial charge in [-0.1, -0.05) is 23.7 Å². The quantitative estimate of drug-likeness (QED) is 0.818. The van der Waals surface area contributed by atoms with Crippen molar-refractivity contribution in [3.05, 3.63) is 56.6 Å². The van der Waals surface area contributed by atoms with Gasteiger partial charge >= 0.3 is 5.97 Å². The van der Waals surface area contributed by atoms with Gasteiger partial charge in [-0.05, 0) is 46.7 Å². The lowest BCUT2D eigenvalue weighted by Gasteiger charge is -2.11. The average Bonchev–Trinajstić information content (AvgIpc) is 2.37. The summed E-state index contributed by atoms with van der Waals surface area (Å²) in [6.45, 7) is 0. The fraction of sp³-hybridized carbons (Fsp3) is 0.154. The molecule has 98 valence electrons. The van der Waals surface area contributed by atoms with Crippen molar-refractivity contribution in [2.75, 3.05) is 0 Å². The molecule has 0 saturated carbocycles. The maximum absolute atomic E-state index is 11.4. The van der Waals surface area contributed by atoms with Gasteiger partial charge in [0, 0.05) is 21.0 Å². The number of aromatic nitrogens is 2. The van der Waals surface area contributed by atoms with E-state index in [9.17, 15) is 9.90 Å². The SMILES string of the molecule is O=C(O)C(Cc1cccc(Cl)c1)c1ncc(I)cn1. The van der Waals surface area contributed by atoms with Gasteiger partial charge in [0.25, 0.3) is 0 Å². The van der Waals surface area contributed by atoms with Gasteiger partial charge in [-0.3, -0.25) is 4.79 Å². The molecule has 0 aliphatic rings. The number of aliphatic carboxylic acids is 1. The molecule has 6 heteroatoms. The van der Waals surface area contributed by atoms with Crippen molar-refractivity contribution in [1.82, 2.24) is 9.97 Å². The lowest BCUT2D eigenvalue weighted by atomic mass is 9.98. The summed E-state index contributed by atoms with van der Waals surface area (Å²) in [6, 6.07) is 7.15. The maximum atomic E-state index is 11.4. The van der Waals surface area contributed by atoms with E-state index in [1.54, 1.807) is 30.6 Å². The van der Waals surface area contributed by atoms with E-state index in [-0.39, 0.29) is 0 Å². The first-order valence-corrected chi connectivity index (χ1v) is 6.96. The molecular weight excluding hydrogens is 379 g/mol. The number of carboxylic acid groups (broad SMARTS) is 1. The smallest absolute Gasteiger partial charge is 0.314 e. The largest absolute Gasteiger partial charge is 0.481 e. The predicted octanol–water partition coefficient (Wildman–Crippen LogP) is 3.15. The molecule has 0 aliphatic heterocycles. The fourth-order valence-corrected chi connectivity index (χ4v) is 2.18. The molecule has 19 heavy (non-hydrogen) atoms. The molecule has 1 N–H and O–H groups in total. The highest BCUT2D eigenvalue weighted by Gasteiger charge is 2.23. The van der Waals surface area contributed by atoms with Crippen LogP contribution >= 0.6 is 34.2 Å². The Hall–Kier alpha value is -1.21. The Bertz CT molecular complexity index is 589. The van der Waals surface area contributed by atoms with E-state index in [0.29, 0.717) is 17.3 Å². The van der Waals surface area contributed by atoms with Crippen molar-refractivity contribution < 1.29 is 9.90 Å². The Kier molecular flexibility index (Phi) is 4.71. The first-order chi connectivity index (χ1) is 9.06. The lowest BCUT2D eigenvalue weighted by Crippen LogP contribution is -2.17. The summed E-state index contributed by atoms with van der Waals surface area (Å²) in [5.41, 5.74) is 0.849. The summed E-state index contributed by atoms with van der Waals surface area (Å²) < 4.78 is 0.869. The lowest BCUT2D eigenvalue weighted by molar-refractivity contribution is -0.139. The summed E-state index contributed by atoms with van der Waals surface area (Å²) in [5, 5.41) is 9.90. The molecule has 2 aromatic rings. The van der Waals surface area contributed by atoms with E-state index < -0.39 is 11.9 Å². The highest BCUT2D eigenvalue weighted by Crippen LogP contribution is 2.20. The summed E-state index contributed by atoms with van der Waals surface area (Å²) in [4.78, 5) is 19.5. The van der Waals surface area contributed by atoms with Gasteiger partial charge < -0.3 is 5.11 Å². The van der Waals surface area contributed by atoms with Crippen LogP contribution in [0.25, 0.3) is 0 Å². The molecule has 1 aromatic heterocycles. The van der Waals surface area contributed by atoms with Crippen LogP contribution < -0.4 is 0 Å². The Morgan fingerprint density at radius 2 is 2.05 bits per heavy atom. The molecule has 0 spiro atoms. The Morgan fingerprint density at radius 1 is 1.37 bits per heavy atom. The zero-order valence-electron chi connectivity index (χ0n) is 9.75. The number of hydrogen-bond acceptors (Lipinski definition) is 3. The van der Waals surface area contributed by atoms with Crippen molar-refractivity contribution in [2.45, 2.75) is 12.3 Å². The summed E-state index contributed by atoms with van der Waals surface area (Å²) in [6.07, 6.45) is 3.53. The summed E-state index contributed by atoms with van der Waals surface area (Å²) in [7, 11) is 0. The molecular formula is C13H10ClIN2O2. The van der Waals surface area contributed by atoms with Crippen LogP contribution in [-0.4, -0.2) is 21.0 Å². The molecule has 0 amide bonds. The van der Waals surface area contributed by atoms with Crippen LogP contribution in [0.3, 0.4) is 0 Å². The van der Waals surface area contributed by atoms with Crippen LogP contribution in [0.5, 0.6) is 0 Å². The molecule has 0 bridgehead atoms. The van der Waals surface area contributed by atoms with Gasteiger partial charge in [-0.2, -0.15) is 0 Å². The van der Waals surface area contributed by atoms with Crippen LogP contribution in [0.1, 0.15) is 17.3 Å². The van der Waals surface area contributed by atoms with E-state index >= 15 is 0 Å². The summed E-state index contributed by atoms with van der Waals surface area (Å²) >= 11 is 7.97. The molecule has 1 heterocycles. The minimum atomic E-state index is -0.943. The monoisotopic (exact) mass is 388 g/mol. The highest BCUT2D eigenvalue weighted by atomic mass is 127. The van der Waals surface area contributed by atoms with E-state index in [4.69, 9.17) is 11.6 Å². The van der Waals surface area contributed by atoms with E-state index in [1.807, 2.05) is 6.07 Å². The van der Waals surface area contributed by atoms with Crippen molar-refractivity contribution in [3.8, 4) is 0 Å². The third-order valence-corrected chi connectivity index (χ3v) is 3.37. The molecule has 1 atom stereocenters. The van der Waals surface area contributed by atoms with E-state index in [1.165, 1.54) is 0 Å². The molecule has 1 unspecified atom stereocenters. The predicted molar refractivity (Wildman–Crippen MR) is 80.3 cm³/mol. The molecule has 4 nitrogen and oxygen atoms in total. The Labute approximate surface area is 129 Å². The number of nitrogens with zero attached hydrogens (tertiary/aromatic N) is 2. The average molecular weight is 389 g/mol. The number of carbonyl (C=O) groups is 1. The molecule has 0 saturated heterocycles. The van der Waals surface area contributed by atoms with Crippen LogP contribution in [0, 0.1) is 3.57 Å². The van der Waals surface area contributed by atoms with Crippen LogP contribution in [0.4, 0.5) is 0 Å². The Balaban J connectivity index is 2.26. The minimum Gasteiger partial charge on any atom is -0.481 e. The molecule has 0 radical (unpaired) electrons. The van der Waals surface area contributed by atoms with Crippen LogP contribution in [0.2, 0.25) is 5.02 Å². The van der Waals surface area contributed by atoms with Crippen LogP contribution in [-0.2, 0) is 11.2 Å². The molecule has 0 aliphatic carbocycles. The Morgan fingerprint density at radius 3 is 2.63 bits per heavy atom. The number of carboxylic acids is 1. The first kappa shape index (κ1) is 14.2. The second-order valence-corrected chi connectivity index (χ2v) is 5.67. The number of benzene rings is 1. The van der Waals surface area contributed by atoms with Gasteiger partial charge in [0.05, 0.1) is 0 Å². The summed E-state index contributed by atoms with van der Waals surface area (Å²) in [5.74, 6) is -1.40. The van der Waals surface area contributed by atoms with Crippen molar-refractivity contribution >= 4 is 40.2 Å². The third kappa shape index (κ3) is 3.87. The molecule has 0 fully saturated rings. The third-order valence-electron chi connectivity index (χ3n) is 2.58. The molecule has 2 rings (SSSR count). The van der Waals surface area contributed by atoms with Crippen molar-refractivity contribution in [3.63, 3.8) is 0 Å². The zero-order valence-corrected chi connectivity index (χ0v) is 12.7. The minimum absolute atomic E-state index is 0.313. The normalized spacial score (nSPS) is 12.1. The van der Waals surface area contributed by atoms with Gasteiger partial charge in [0.15, 0.2) is 0 Å². The van der Waals surface area contributed by atoms with Crippen molar-refractivity contribution in [1.29, 1.82) is 0 Å². The van der Waals surface area contributed by atoms with Gasteiger partial charge in [0.1, 0.15) is 11.7 Å². The van der Waals surface area contributed by atoms with Gasteiger partial charge in [-0.15, -0.1) is 0 Å². The number of rotatable bonds is 4. The second-order valence-electron chi connectivity index (χ2n) is 3.98. The topological polar surface area (TPSA) is 63.1 Å². The number of hydrogen-bond donors (Lipinski definition) is 1. The second kappa shape index (κ2) is 6.29. The highest BCUT2D eigenvalue weighted by molar-refractivity contribution is 14.1. The first-order valence-electron chi connectivity index (χ1n) is 5.51. The van der Waals surface area contributed by atoms with Crippen LogP contribution in [0.15, 0.2) is 36.7 Å². The van der Waals surface area contributed by atoms with Gasteiger partial charge in [-0.25, -0.2) is 9.97 Å². The van der Waals surface area contributed by atoms with Crippen molar-refractivity contribution in [2.24, 2.45) is 0 Å². The zero-order chi connectivity index (χ0) is 13.8. The van der Waals surface area contributed by atoms with E-state index in [2.05, 4.69) is 32.6 Å².